The van der Waals surface area contributed by atoms with Gasteiger partial charge in [0, 0.05) is 26.1 Å². The molecule has 0 aromatic carbocycles. The fraction of sp³-hybridized carbons (Fsp3) is 0.867. The van der Waals surface area contributed by atoms with E-state index in [1.807, 2.05) is 11.8 Å². The maximum absolute atomic E-state index is 12.9. The van der Waals surface area contributed by atoms with Crippen molar-refractivity contribution in [3.05, 3.63) is 0 Å². The molecule has 2 fully saturated rings. The number of hydrogen-bond donors (Lipinski definition) is 1. The molecule has 0 spiro atoms. The van der Waals surface area contributed by atoms with Crippen LogP contribution in [-0.4, -0.2) is 60.4 Å². The first-order chi connectivity index (χ1) is 9.25. The predicted molar refractivity (Wildman–Crippen MR) is 78.2 cm³/mol. The van der Waals surface area contributed by atoms with E-state index in [-0.39, 0.29) is 11.8 Å². The van der Waals surface area contributed by atoms with Gasteiger partial charge in [-0.25, -0.2) is 0 Å². The third kappa shape index (κ3) is 2.82. The van der Waals surface area contributed by atoms with Crippen LogP contribution in [0, 0.1) is 11.8 Å². The minimum Gasteiger partial charge on any atom is -0.342 e. The third-order valence-electron chi connectivity index (χ3n) is 4.80. The summed E-state index contributed by atoms with van der Waals surface area (Å²) in [5, 5.41) is 2.91. The molecule has 5 heteroatoms. The molecule has 1 saturated carbocycles. The van der Waals surface area contributed by atoms with Gasteiger partial charge in [0.25, 0.3) is 0 Å². The minimum absolute atomic E-state index is 0.0893. The fourth-order valence-corrected chi connectivity index (χ4v) is 3.47. The largest absolute Gasteiger partial charge is 0.342 e. The molecule has 0 radical (unpaired) electrons. The molecule has 3 atom stereocenters. The summed E-state index contributed by atoms with van der Waals surface area (Å²) in [6, 6.07) is 0.403. The van der Waals surface area contributed by atoms with Crippen LogP contribution in [0.25, 0.3) is 0 Å². The zero-order valence-electron chi connectivity index (χ0n) is 13.3. The Balaban J connectivity index is 2.11. The predicted octanol–water partition coefficient (Wildman–Crippen LogP) is 0.700. The summed E-state index contributed by atoms with van der Waals surface area (Å²) in [4.78, 5) is 28.5. The first-order valence-corrected chi connectivity index (χ1v) is 7.50. The number of carbonyl (C=O) groups is 2. The van der Waals surface area contributed by atoms with E-state index in [9.17, 15) is 9.59 Å². The van der Waals surface area contributed by atoms with Gasteiger partial charge in [0.15, 0.2) is 0 Å². The van der Waals surface area contributed by atoms with Gasteiger partial charge in [-0.3, -0.25) is 9.59 Å². The molecule has 1 heterocycles. The fourth-order valence-electron chi connectivity index (χ4n) is 3.47. The molecule has 0 bridgehead atoms. The summed E-state index contributed by atoms with van der Waals surface area (Å²) >= 11 is 0. The van der Waals surface area contributed by atoms with Crippen LogP contribution in [0.15, 0.2) is 0 Å². The van der Waals surface area contributed by atoms with Crippen molar-refractivity contribution >= 4 is 11.8 Å². The number of carbonyl (C=O) groups excluding carboxylic acids is 2. The standard InChI is InChI=1S/C15H27N3O2/c1-10-8-18(9-13(10)17(4)5)14(20)15(3,12-6-7-12)16-11(2)19/h10,12-13H,6-9H2,1-5H3,(H,16,19). The lowest BCUT2D eigenvalue weighted by Crippen LogP contribution is -2.58. The topological polar surface area (TPSA) is 52.7 Å². The zero-order chi connectivity index (χ0) is 15.1. The van der Waals surface area contributed by atoms with Gasteiger partial charge in [-0.15, -0.1) is 0 Å². The van der Waals surface area contributed by atoms with Crippen LogP contribution in [-0.2, 0) is 9.59 Å². The summed E-state index contributed by atoms with van der Waals surface area (Å²) in [6.45, 7) is 7.11. The SMILES string of the molecule is CC(=O)NC(C)(C(=O)N1CC(C)C(N(C)C)C1)C1CC1. The number of nitrogens with one attached hydrogen (secondary N) is 1. The van der Waals surface area contributed by atoms with Crippen molar-refractivity contribution in [3.63, 3.8) is 0 Å². The number of rotatable bonds is 4. The number of likely N-dealkylation sites (N-methyl/N-ethyl adjacent to an activating group) is 1. The molecule has 0 aromatic rings. The van der Waals surface area contributed by atoms with Crippen molar-refractivity contribution in [1.29, 1.82) is 0 Å². The molecule has 2 amide bonds. The van der Waals surface area contributed by atoms with Crippen molar-refractivity contribution in [2.24, 2.45) is 11.8 Å². The number of amides is 2. The van der Waals surface area contributed by atoms with E-state index in [1.54, 1.807) is 0 Å². The molecule has 1 saturated heterocycles. The van der Waals surface area contributed by atoms with Crippen LogP contribution in [0.3, 0.4) is 0 Å². The average molecular weight is 281 g/mol. The van der Waals surface area contributed by atoms with Gasteiger partial charge in [0.05, 0.1) is 0 Å². The van der Waals surface area contributed by atoms with E-state index in [0.29, 0.717) is 17.9 Å². The van der Waals surface area contributed by atoms with Crippen molar-refractivity contribution < 1.29 is 9.59 Å². The lowest BCUT2D eigenvalue weighted by atomic mass is 9.93. The molecule has 2 aliphatic rings. The maximum Gasteiger partial charge on any atom is 0.248 e. The Hall–Kier alpha value is -1.10. The van der Waals surface area contributed by atoms with Crippen molar-refractivity contribution in [2.45, 2.75) is 45.2 Å². The van der Waals surface area contributed by atoms with Crippen LogP contribution < -0.4 is 5.32 Å². The number of likely N-dealkylation sites (tertiary alicyclic amines) is 1. The number of hydrogen-bond acceptors (Lipinski definition) is 3. The minimum atomic E-state index is -0.716. The molecular formula is C15H27N3O2. The molecule has 1 aliphatic carbocycles. The molecular weight excluding hydrogens is 254 g/mol. The second-order valence-electron chi connectivity index (χ2n) is 6.88. The Morgan fingerprint density at radius 2 is 1.85 bits per heavy atom. The van der Waals surface area contributed by atoms with Gasteiger partial charge in [-0.2, -0.15) is 0 Å². The second kappa shape index (κ2) is 5.35. The van der Waals surface area contributed by atoms with Gasteiger partial charge in [0.2, 0.25) is 11.8 Å². The Morgan fingerprint density at radius 1 is 1.25 bits per heavy atom. The van der Waals surface area contributed by atoms with Gasteiger partial charge >= 0.3 is 0 Å². The van der Waals surface area contributed by atoms with Crippen molar-refractivity contribution in [2.75, 3.05) is 27.2 Å². The summed E-state index contributed by atoms with van der Waals surface area (Å²) in [7, 11) is 4.12. The molecule has 0 aromatic heterocycles. The van der Waals surface area contributed by atoms with Crippen LogP contribution in [0.5, 0.6) is 0 Å². The smallest absolute Gasteiger partial charge is 0.248 e. The van der Waals surface area contributed by atoms with Crippen molar-refractivity contribution in [1.82, 2.24) is 15.1 Å². The highest BCUT2D eigenvalue weighted by Gasteiger charge is 2.51. The first kappa shape index (κ1) is 15.3. The molecule has 5 nitrogen and oxygen atoms in total. The van der Waals surface area contributed by atoms with E-state index < -0.39 is 5.54 Å². The quantitative estimate of drug-likeness (QED) is 0.825. The van der Waals surface area contributed by atoms with E-state index in [4.69, 9.17) is 0 Å². The summed E-state index contributed by atoms with van der Waals surface area (Å²) in [6.07, 6.45) is 2.06. The Kier molecular flexibility index (Phi) is 4.09. The Bertz CT molecular complexity index is 406. The molecule has 2 rings (SSSR count). The van der Waals surface area contributed by atoms with E-state index in [2.05, 4.69) is 31.2 Å². The highest BCUT2D eigenvalue weighted by Crippen LogP contribution is 2.41. The summed E-state index contributed by atoms with van der Waals surface area (Å²) in [5.74, 6) is 0.734. The van der Waals surface area contributed by atoms with E-state index in [1.165, 1.54) is 6.92 Å². The van der Waals surface area contributed by atoms with Gasteiger partial charge < -0.3 is 15.1 Å². The molecule has 114 valence electrons. The van der Waals surface area contributed by atoms with Crippen LogP contribution >= 0.6 is 0 Å². The zero-order valence-corrected chi connectivity index (χ0v) is 13.3. The summed E-state index contributed by atoms with van der Waals surface area (Å²) in [5.41, 5.74) is -0.716. The highest BCUT2D eigenvalue weighted by atomic mass is 16.2. The lowest BCUT2D eigenvalue weighted by Gasteiger charge is -2.33. The lowest BCUT2D eigenvalue weighted by molar-refractivity contribution is -0.141. The van der Waals surface area contributed by atoms with Gasteiger partial charge in [-0.05, 0) is 45.7 Å². The van der Waals surface area contributed by atoms with E-state index in [0.717, 1.165) is 25.9 Å². The van der Waals surface area contributed by atoms with Gasteiger partial charge in [0.1, 0.15) is 5.54 Å². The normalized spacial score (nSPS) is 29.4. The van der Waals surface area contributed by atoms with Crippen LogP contribution in [0.4, 0.5) is 0 Å². The molecule has 1 aliphatic heterocycles. The second-order valence-corrected chi connectivity index (χ2v) is 6.88. The molecule has 1 N–H and O–H groups in total. The van der Waals surface area contributed by atoms with Crippen LogP contribution in [0.2, 0.25) is 0 Å². The monoisotopic (exact) mass is 281 g/mol. The molecule has 3 unspecified atom stereocenters. The van der Waals surface area contributed by atoms with Gasteiger partial charge in [-0.1, -0.05) is 6.92 Å². The highest BCUT2D eigenvalue weighted by molar-refractivity contribution is 5.91. The maximum atomic E-state index is 12.9. The third-order valence-corrected chi connectivity index (χ3v) is 4.80. The average Bonchev–Trinajstić information content (AvgIpc) is 3.11. The van der Waals surface area contributed by atoms with Crippen molar-refractivity contribution in [3.8, 4) is 0 Å². The van der Waals surface area contributed by atoms with Crippen LogP contribution in [0.1, 0.15) is 33.6 Å². The number of nitrogens with zero attached hydrogens (tertiary/aromatic N) is 2. The first-order valence-electron chi connectivity index (χ1n) is 7.50. The molecule has 20 heavy (non-hydrogen) atoms. The van der Waals surface area contributed by atoms with E-state index >= 15 is 0 Å². The summed E-state index contributed by atoms with van der Waals surface area (Å²) < 4.78 is 0. The Labute approximate surface area is 121 Å². The Morgan fingerprint density at radius 3 is 2.25 bits per heavy atom.